The van der Waals surface area contributed by atoms with Gasteiger partial charge in [-0.1, -0.05) is 23.2 Å². The first-order valence-electron chi connectivity index (χ1n) is 5.12. The fourth-order valence-electron chi connectivity index (χ4n) is 2.09. The molecule has 0 spiro atoms. The van der Waals surface area contributed by atoms with E-state index in [1.54, 1.807) is 0 Å². The van der Waals surface area contributed by atoms with Gasteiger partial charge in [-0.3, -0.25) is 0 Å². The van der Waals surface area contributed by atoms with Crippen molar-refractivity contribution in [3.63, 3.8) is 0 Å². The molecule has 1 amide bonds. The van der Waals surface area contributed by atoms with E-state index in [9.17, 15) is 9.18 Å². The molecule has 1 atom stereocenters. The van der Waals surface area contributed by atoms with E-state index >= 15 is 0 Å². The van der Waals surface area contributed by atoms with Crippen LogP contribution >= 0.6 is 23.2 Å². The smallest absolute Gasteiger partial charge is 0.407 e. The highest BCUT2D eigenvalue weighted by Gasteiger charge is 2.30. The van der Waals surface area contributed by atoms with Crippen molar-refractivity contribution in [1.82, 2.24) is 4.90 Å². The van der Waals surface area contributed by atoms with Gasteiger partial charge in [0.25, 0.3) is 0 Å². The number of carboxylic acid groups (broad SMARTS) is 1. The van der Waals surface area contributed by atoms with Crippen LogP contribution in [0.1, 0.15) is 17.9 Å². The predicted octanol–water partition coefficient (Wildman–Crippen LogP) is 3.60. The molecule has 2 rings (SSSR count). The normalized spacial score (nSPS) is 19.7. The van der Waals surface area contributed by atoms with Gasteiger partial charge in [0.2, 0.25) is 0 Å². The molecule has 0 bridgehead atoms. The SMILES string of the molecule is O=C(O)N1CCC(c2c(F)ccc(Cl)c2Cl)C1. The Morgan fingerprint density at radius 1 is 1.47 bits per heavy atom. The molecule has 1 unspecified atom stereocenters. The van der Waals surface area contributed by atoms with Crippen LogP contribution in [0.25, 0.3) is 0 Å². The van der Waals surface area contributed by atoms with E-state index in [2.05, 4.69) is 0 Å². The number of hydrogen-bond donors (Lipinski definition) is 1. The number of benzene rings is 1. The predicted molar refractivity (Wildman–Crippen MR) is 63.4 cm³/mol. The van der Waals surface area contributed by atoms with E-state index in [-0.39, 0.29) is 22.5 Å². The van der Waals surface area contributed by atoms with Crippen molar-refractivity contribution in [2.45, 2.75) is 12.3 Å². The third-order valence-electron chi connectivity index (χ3n) is 2.95. The van der Waals surface area contributed by atoms with Gasteiger partial charge >= 0.3 is 6.09 Å². The van der Waals surface area contributed by atoms with Crippen LogP contribution in [-0.4, -0.2) is 29.2 Å². The van der Waals surface area contributed by atoms with Crippen LogP contribution < -0.4 is 0 Å². The van der Waals surface area contributed by atoms with E-state index in [0.717, 1.165) is 0 Å². The number of halogens is 3. The average molecular weight is 278 g/mol. The Morgan fingerprint density at radius 3 is 2.76 bits per heavy atom. The maximum absolute atomic E-state index is 13.7. The highest BCUT2D eigenvalue weighted by Crippen LogP contribution is 2.37. The molecule has 1 aromatic carbocycles. The van der Waals surface area contributed by atoms with Gasteiger partial charge in [-0.2, -0.15) is 0 Å². The molecule has 1 aliphatic heterocycles. The summed E-state index contributed by atoms with van der Waals surface area (Å²) in [6, 6.07) is 2.65. The fraction of sp³-hybridized carbons (Fsp3) is 0.364. The molecular formula is C11H10Cl2FNO2. The summed E-state index contributed by atoms with van der Waals surface area (Å²) in [5.41, 5.74) is 0.322. The van der Waals surface area contributed by atoms with Gasteiger partial charge in [-0.05, 0) is 18.6 Å². The quantitative estimate of drug-likeness (QED) is 0.797. The Balaban J connectivity index is 2.30. The summed E-state index contributed by atoms with van der Waals surface area (Å²) in [4.78, 5) is 12.0. The zero-order valence-electron chi connectivity index (χ0n) is 8.79. The minimum Gasteiger partial charge on any atom is -0.465 e. The molecule has 1 heterocycles. The molecule has 17 heavy (non-hydrogen) atoms. The van der Waals surface area contributed by atoms with Crippen LogP contribution in [0.4, 0.5) is 9.18 Å². The maximum Gasteiger partial charge on any atom is 0.407 e. The molecule has 3 nitrogen and oxygen atoms in total. The first-order chi connectivity index (χ1) is 8.00. The zero-order chi connectivity index (χ0) is 12.6. The van der Waals surface area contributed by atoms with Crippen LogP contribution in [0, 0.1) is 5.82 Å². The Labute approximate surface area is 108 Å². The van der Waals surface area contributed by atoms with Crippen LogP contribution in [0.15, 0.2) is 12.1 Å². The molecule has 6 heteroatoms. The molecule has 0 radical (unpaired) electrons. The lowest BCUT2D eigenvalue weighted by atomic mass is 9.98. The molecule has 0 aromatic heterocycles. The molecule has 1 saturated heterocycles. The van der Waals surface area contributed by atoms with Crippen molar-refractivity contribution >= 4 is 29.3 Å². The van der Waals surface area contributed by atoms with Crippen molar-refractivity contribution in [3.05, 3.63) is 33.6 Å². The molecule has 0 aliphatic carbocycles. The molecule has 0 saturated carbocycles. The van der Waals surface area contributed by atoms with Gasteiger partial charge in [0.1, 0.15) is 5.82 Å². The maximum atomic E-state index is 13.7. The third kappa shape index (κ3) is 2.33. The Kier molecular flexibility index (Phi) is 3.45. The molecule has 1 fully saturated rings. The van der Waals surface area contributed by atoms with Gasteiger partial charge in [-0.15, -0.1) is 0 Å². The number of carbonyl (C=O) groups is 1. The number of likely N-dealkylation sites (tertiary alicyclic amines) is 1. The molecular weight excluding hydrogens is 268 g/mol. The zero-order valence-corrected chi connectivity index (χ0v) is 10.3. The lowest BCUT2D eigenvalue weighted by molar-refractivity contribution is 0.155. The van der Waals surface area contributed by atoms with E-state index in [1.165, 1.54) is 17.0 Å². The van der Waals surface area contributed by atoms with Gasteiger partial charge in [0, 0.05) is 24.6 Å². The summed E-state index contributed by atoms with van der Waals surface area (Å²) in [5, 5.41) is 9.32. The topological polar surface area (TPSA) is 40.5 Å². The highest BCUT2D eigenvalue weighted by atomic mass is 35.5. The van der Waals surface area contributed by atoms with Crippen molar-refractivity contribution in [1.29, 1.82) is 0 Å². The molecule has 1 N–H and O–H groups in total. The van der Waals surface area contributed by atoms with Crippen LogP contribution in [-0.2, 0) is 0 Å². The summed E-state index contributed by atoms with van der Waals surface area (Å²) in [5.74, 6) is -0.658. The largest absolute Gasteiger partial charge is 0.465 e. The third-order valence-corrected chi connectivity index (χ3v) is 3.77. The first kappa shape index (κ1) is 12.5. The summed E-state index contributed by atoms with van der Waals surface area (Å²) >= 11 is 11.8. The second kappa shape index (κ2) is 4.70. The van der Waals surface area contributed by atoms with Gasteiger partial charge < -0.3 is 10.0 Å². The fourth-order valence-corrected chi connectivity index (χ4v) is 2.56. The summed E-state index contributed by atoms with van der Waals surface area (Å²) in [6.07, 6.45) is -0.436. The lowest BCUT2D eigenvalue weighted by Gasteiger charge is -2.15. The number of amides is 1. The average Bonchev–Trinajstić information content (AvgIpc) is 2.73. The molecule has 92 valence electrons. The molecule has 1 aliphatic rings. The molecule has 1 aromatic rings. The number of hydrogen-bond acceptors (Lipinski definition) is 1. The van der Waals surface area contributed by atoms with E-state index < -0.39 is 11.9 Å². The van der Waals surface area contributed by atoms with E-state index in [4.69, 9.17) is 28.3 Å². The van der Waals surface area contributed by atoms with Crippen molar-refractivity contribution in [3.8, 4) is 0 Å². The minimum absolute atomic E-state index is 0.184. The summed E-state index contributed by atoms with van der Waals surface area (Å²) in [6.45, 7) is 0.647. The second-order valence-corrected chi connectivity index (χ2v) is 4.76. The summed E-state index contributed by atoms with van der Waals surface area (Å²) in [7, 11) is 0. The minimum atomic E-state index is -0.994. The van der Waals surface area contributed by atoms with Crippen LogP contribution in [0.5, 0.6) is 0 Å². The van der Waals surface area contributed by atoms with Crippen molar-refractivity contribution in [2.75, 3.05) is 13.1 Å². The lowest BCUT2D eigenvalue weighted by Crippen LogP contribution is -2.26. The van der Waals surface area contributed by atoms with Gasteiger partial charge in [-0.25, -0.2) is 9.18 Å². The first-order valence-corrected chi connectivity index (χ1v) is 5.87. The van der Waals surface area contributed by atoms with E-state index in [1.807, 2.05) is 0 Å². The Bertz CT molecular complexity index is 467. The Morgan fingerprint density at radius 2 is 2.18 bits per heavy atom. The van der Waals surface area contributed by atoms with E-state index in [0.29, 0.717) is 18.5 Å². The summed E-state index contributed by atoms with van der Waals surface area (Å²) < 4.78 is 13.7. The van der Waals surface area contributed by atoms with Gasteiger partial charge in [0.15, 0.2) is 0 Å². The second-order valence-electron chi connectivity index (χ2n) is 3.97. The number of rotatable bonds is 1. The highest BCUT2D eigenvalue weighted by molar-refractivity contribution is 6.42. The van der Waals surface area contributed by atoms with Crippen LogP contribution in [0.3, 0.4) is 0 Å². The number of nitrogens with zero attached hydrogens (tertiary/aromatic N) is 1. The van der Waals surface area contributed by atoms with Crippen molar-refractivity contribution < 1.29 is 14.3 Å². The van der Waals surface area contributed by atoms with Gasteiger partial charge in [0.05, 0.1) is 10.0 Å². The Hall–Kier alpha value is -1.000. The van der Waals surface area contributed by atoms with Crippen LogP contribution in [0.2, 0.25) is 10.0 Å². The monoisotopic (exact) mass is 277 g/mol. The van der Waals surface area contributed by atoms with Crippen molar-refractivity contribution in [2.24, 2.45) is 0 Å². The standard InChI is InChI=1S/C11H10Cl2FNO2/c12-7-1-2-8(14)9(10(7)13)6-3-4-15(5-6)11(16)17/h1-2,6H,3-5H2,(H,16,17).